The number of hydrogen-bond acceptors (Lipinski definition) is 4. The molecule has 1 aromatic rings. The molecule has 18 heavy (non-hydrogen) atoms. The van der Waals surface area contributed by atoms with Crippen molar-refractivity contribution in [3.8, 4) is 0 Å². The number of rotatable bonds is 8. The van der Waals surface area contributed by atoms with Crippen LogP contribution in [0.5, 0.6) is 0 Å². The number of Topliss-reactive ketones (excluding diaryl/α,β-unsaturated/α-hetero) is 1. The van der Waals surface area contributed by atoms with Crippen molar-refractivity contribution in [3.63, 3.8) is 0 Å². The van der Waals surface area contributed by atoms with Crippen LogP contribution in [0.3, 0.4) is 0 Å². The number of benzene rings is 1. The first-order chi connectivity index (χ1) is 8.74. The Morgan fingerprint density at radius 1 is 1.11 bits per heavy atom. The van der Waals surface area contributed by atoms with Gasteiger partial charge in [-0.05, 0) is 25.0 Å². The molecule has 1 rings (SSSR count). The van der Waals surface area contributed by atoms with Crippen LogP contribution in [0.4, 0.5) is 0 Å². The lowest BCUT2D eigenvalue weighted by molar-refractivity contribution is -0.122. The maximum atomic E-state index is 11.5. The number of aldehydes is 1. The van der Waals surface area contributed by atoms with Crippen LogP contribution < -0.4 is 0 Å². The summed E-state index contributed by atoms with van der Waals surface area (Å²) in [6.45, 7) is -0.200. The van der Waals surface area contributed by atoms with E-state index in [0.717, 1.165) is 6.29 Å². The molecular formula is C14H16O4. The summed E-state index contributed by atoms with van der Waals surface area (Å²) in [6.07, 6.45) is 3.00. The second kappa shape index (κ2) is 8.17. The predicted octanol–water partition coefficient (Wildman–Crippen LogP) is 2.17. The van der Waals surface area contributed by atoms with Crippen LogP contribution in [0.1, 0.15) is 36.0 Å². The van der Waals surface area contributed by atoms with Crippen molar-refractivity contribution in [2.24, 2.45) is 0 Å². The van der Waals surface area contributed by atoms with Gasteiger partial charge in [-0.3, -0.25) is 4.79 Å². The van der Waals surface area contributed by atoms with Gasteiger partial charge in [0.15, 0.2) is 5.78 Å². The third-order valence-electron chi connectivity index (χ3n) is 2.40. The Bertz CT molecular complexity index is 398. The summed E-state index contributed by atoms with van der Waals surface area (Å²) in [4.78, 5) is 32.9. The molecule has 1 aromatic carbocycles. The van der Waals surface area contributed by atoms with Gasteiger partial charge in [0.2, 0.25) is 0 Å². The molecule has 0 aliphatic carbocycles. The van der Waals surface area contributed by atoms with Crippen LogP contribution in [0.25, 0.3) is 0 Å². The third-order valence-corrected chi connectivity index (χ3v) is 2.40. The number of unbranched alkanes of at least 4 members (excludes halogenated alkanes) is 2. The van der Waals surface area contributed by atoms with Crippen LogP contribution in [-0.2, 0) is 14.3 Å². The van der Waals surface area contributed by atoms with Gasteiger partial charge in [-0.1, -0.05) is 18.2 Å². The van der Waals surface area contributed by atoms with Gasteiger partial charge >= 0.3 is 5.97 Å². The van der Waals surface area contributed by atoms with Gasteiger partial charge in [0.1, 0.15) is 12.9 Å². The first-order valence-electron chi connectivity index (χ1n) is 5.91. The molecule has 4 nitrogen and oxygen atoms in total. The largest absolute Gasteiger partial charge is 0.454 e. The van der Waals surface area contributed by atoms with E-state index in [2.05, 4.69) is 0 Å². The molecule has 4 heteroatoms. The van der Waals surface area contributed by atoms with Gasteiger partial charge in [-0.2, -0.15) is 0 Å². The van der Waals surface area contributed by atoms with E-state index >= 15 is 0 Å². The van der Waals surface area contributed by atoms with E-state index in [1.54, 1.807) is 30.3 Å². The lowest BCUT2D eigenvalue weighted by Gasteiger charge is -2.03. The smallest absolute Gasteiger partial charge is 0.338 e. The quantitative estimate of drug-likeness (QED) is 0.402. The molecule has 0 unspecified atom stereocenters. The standard InChI is InChI=1S/C14H16O4/c15-10-6-2-5-9-13(16)11-18-14(17)12-7-3-1-4-8-12/h1,3-4,7-8,10H,2,5-6,9,11H2. The van der Waals surface area contributed by atoms with Gasteiger partial charge in [0, 0.05) is 12.8 Å². The summed E-state index contributed by atoms with van der Waals surface area (Å²) >= 11 is 0. The lowest BCUT2D eigenvalue weighted by Crippen LogP contribution is -2.13. The number of carbonyl (C=O) groups excluding carboxylic acids is 3. The normalized spacial score (nSPS) is 9.78. The molecule has 0 fully saturated rings. The van der Waals surface area contributed by atoms with Crippen molar-refractivity contribution in [1.29, 1.82) is 0 Å². The fourth-order valence-corrected chi connectivity index (χ4v) is 1.43. The average molecular weight is 248 g/mol. The minimum absolute atomic E-state index is 0.120. The molecule has 0 spiro atoms. The number of carbonyl (C=O) groups is 3. The monoisotopic (exact) mass is 248 g/mol. The first-order valence-corrected chi connectivity index (χ1v) is 5.91. The Kier molecular flexibility index (Phi) is 6.40. The Morgan fingerprint density at radius 2 is 1.83 bits per heavy atom. The zero-order chi connectivity index (χ0) is 13.2. The first kappa shape index (κ1) is 14.1. The van der Waals surface area contributed by atoms with Crippen molar-refractivity contribution in [2.75, 3.05) is 6.61 Å². The molecule has 0 heterocycles. The van der Waals surface area contributed by atoms with Gasteiger partial charge < -0.3 is 9.53 Å². The fraction of sp³-hybridized carbons (Fsp3) is 0.357. The number of ether oxygens (including phenoxy) is 1. The zero-order valence-electron chi connectivity index (χ0n) is 10.1. The fourth-order valence-electron chi connectivity index (χ4n) is 1.43. The summed E-state index contributed by atoms with van der Waals surface area (Å²) in [7, 11) is 0. The van der Waals surface area contributed by atoms with Crippen LogP contribution in [-0.4, -0.2) is 24.6 Å². The van der Waals surface area contributed by atoms with E-state index in [-0.39, 0.29) is 12.4 Å². The van der Waals surface area contributed by atoms with Crippen molar-refractivity contribution < 1.29 is 19.1 Å². The second-order valence-corrected chi connectivity index (χ2v) is 3.89. The SMILES string of the molecule is O=CCCCCC(=O)COC(=O)c1ccccc1. The minimum Gasteiger partial charge on any atom is -0.454 e. The lowest BCUT2D eigenvalue weighted by atomic mass is 10.1. The highest BCUT2D eigenvalue weighted by atomic mass is 16.5. The van der Waals surface area contributed by atoms with E-state index in [1.807, 2.05) is 0 Å². The van der Waals surface area contributed by atoms with E-state index in [1.165, 1.54) is 0 Å². The molecule has 0 radical (unpaired) electrons. The summed E-state index contributed by atoms with van der Waals surface area (Å²) < 4.78 is 4.89. The van der Waals surface area contributed by atoms with Crippen LogP contribution in [0, 0.1) is 0 Å². The highest BCUT2D eigenvalue weighted by Crippen LogP contribution is 2.03. The van der Waals surface area contributed by atoms with Crippen molar-refractivity contribution in [3.05, 3.63) is 35.9 Å². The van der Waals surface area contributed by atoms with Gasteiger partial charge in [0.05, 0.1) is 5.56 Å². The Morgan fingerprint density at radius 3 is 2.50 bits per heavy atom. The average Bonchev–Trinajstić information content (AvgIpc) is 2.42. The molecule has 0 N–H and O–H groups in total. The molecule has 0 aliphatic heterocycles. The van der Waals surface area contributed by atoms with Crippen LogP contribution >= 0.6 is 0 Å². The summed E-state index contributed by atoms with van der Waals surface area (Å²) in [5, 5.41) is 0. The van der Waals surface area contributed by atoms with Crippen LogP contribution in [0.2, 0.25) is 0 Å². The maximum absolute atomic E-state index is 11.5. The summed E-state index contributed by atoms with van der Waals surface area (Å²) in [5.41, 5.74) is 0.436. The second-order valence-electron chi connectivity index (χ2n) is 3.89. The highest BCUT2D eigenvalue weighted by Gasteiger charge is 2.09. The van der Waals surface area contributed by atoms with E-state index in [4.69, 9.17) is 4.74 Å². The molecule has 0 amide bonds. The Hall–Kier alpha value is -1.97. The summed E-state index contributed by atoms with van der Waals surface area (Å²) in [5.74, 6) is -0.609. The van der Waals surface area contributed by atoms with Gasteiger partial charge in [-0.25, -0.2) is 4.79 Å². The van der Waals surface area contributed by atoms with E-state index < -0.39 is 5.97 Å². The molecule has 96 valence electrons. The molecule has 0 bridgehead atoms. The van der Waals surface area contributed by atoms with E-state index in [0.29, 0.717) is 31.2 Å². The Balaban J connectivity index is 2.22. The number of ketones is 1. The molecule has 0 aliphatic rings. The van der Waals surface area contributed by atoms with Gasteiger partial charge in [0.25, 0.3) is 0 Å². The predicted molar refractivity (Wildman–Crippen MR) is 66.3 cm³/mol. The third kappa shape index (κ3) is 5.39. The van der Waals surface area contributed by atoms with Crippen molar-refractivity contribution in [2.45, 2.75) is 25.7 Å². The molecule has 0 saturated heterocycles. The minimum atomic E-state index is -0.489. The topological polar surface area (TPSA) is 60.4 Å². The molecular weight excluding hydrogens is 232 g/mol. The Labute approximate surface area is 106 Å². The van der Waals surface area contributed by atoms with E-state index in [9.17, 15) is 14.4 Å². The van der Waals surface area contributed by atoms with Crippen molar-refractivity contribution >= 4 is 18.0 Å². The highest BCUT2D eigenvalue weighted by molar-refractivity contribution is 5.91. The molecule has 0 atom stereocenters. The summed E-state index contributed by atoms with van der Waals surface area (Å²) in [6, 6.07) is 8.54. The zero-order valence-corrected chi connectivity index (χ0v) is 10.1. The number of esters is 1. The van der Waals surface area contributed by atoms with Gasteiger partial charge in [-0.15, -0.1) is 0 Å². The molecule has 0 aromatic heterocycles. The van der Waals surface area contributed by atoms with Crippen molar-refractivity contribution in [1.82, 2.24) is 0 Å². The molecule has 0 saturated carbocycles. The van der Waals surface area contributed by atoms with Crippen LogP contribution in [0.15, 0.2) is 30.3 Å². The number of hydrogen-bond donors (Lipinski definition) is 0. The maximum Gasteiger partial charge on any atom is 0.338 e.